The minimum Gasteiger partial charge on any atom is -0.364 e. The number of halogens is 3. The van der Waals surface area contributed by atoms with E-state index in [-0.39, 0.29) is 16.4 Å². The smallest absolute Gasteiger partial charge is 0.267 e. The minimum atomic E-state index is -0.660. The number of benzene rings is 2. The summed E-state index contributed by atoms with van der Waals surface area (Å²) in [6, 6.07) is 10.1. The summed E-state index contributed by atoms with van der Waals surface area (Å²) in [6.45, 7) is 1.82. The largest absolute Gasteiger partial charge is 0.364 e. The number of hydrogen-bond donors (Lipinski definition) is 1. The van der Waals surface area contributed by atoms with Gasteiger partial charge < -0.3 is 5.73 Å². The van der Waals surface area contributed by atoms with E-state index in [0.717, 1.165) is 14.0 Å². The van der Waals surface area contributed by atoms with E-state index in [0.29, 0.717) is 25.8 Å². The van der Waals surface area contributed by atoms with E-state index in [2.05, 4.69) is 50.2 Å². The molecule has 0 unspecified atom stereocenters. The van der Waals surface area contributed by atoms with Gasteiger partial charge in [0.05, 0.1) is 21.8 Å². The Bertz CT molecular complexity index is 1280. The molecule has 1 aliphatic heterocycles. The highest BCUT2D eigenvalue weighted by atomic mass is 127. The van der Waals surface area contributed by atoms with E-state index >= 15 is 0 Å². The zero-order valence-electron chi connectivity index (χ0n) is 15.4. The van der Waals surface area contributed by atoms with Crippen molar-refractivity contribution >= 4 is 80.2 Å². The fourth-order valence-corrected chi connectivity index (χ4v) is 4.86. The summed E-state index contributed by atoms with van der Waals surface area (Å²) < 4.78 is 1.59. The van der Waals surface area contributed by atoms with Gasteiger partial charge in [0.25, 0.3) is 17.7 Å². The lowest BCUT2D eigenvalue weighted by molar-refractivity contribution is 0.0924. The van der Waals surface area contributed by atoms with Crippen LogP contribution in [0, 0.1) is 14.1 Å². The summed E-state index contributed by atoms with van der Waals surface area (Å²) in [6.07, 6.45) is 1.48. The molecule has 0 atom stereocenters. The van der Waals surface area contributed by atoms with Gasteiger partial charge in [0.2, 0.25) is 0 Å². The molecule has 0 radical (unpaired) electrons. The summed E-state index contributed by atoms with van der Waals surface area (Å²) >= 11 is 10.7. The molecule has 1 aromatic heterocycles. The Morgan fingerprint density at radius 2 is 1.77 bits per heavy atom. The van der Waals surface area contributed by atoms with Gasteiger partial charge in [-0.3, -0.25) is 19.4 Å². The first kappa shape index (κ1) is 21.2. The molecule has 150 valence electrons. The Kier molecular flexibility index (Phi) is 5.58. The second-order valence-electron chi connectivity index (χ2n) is 6.59. The van der Waals surface area contributed by atoms with Crippen molar-refractivity contribution in [3.63, 3.8) is 0 Å². The first-order chi connectivity index (χ1) is 14.2. The number of carbonyl (C=O) groups excluding carboxylic acids is 3. The Morgan fingerprint density at radius 1 is 1.03 bits per heavy atom. The third kappa shape index (κ3) is 3.30. The SMILES string of the molecule is Cc1c(I)ccc2c1C(=O)N(c1cc(I)c(-c3cccnc3C(N)=O)cc1Cl)C2=O. The monoisotopic (exact) mass is 643 g/mol. The standard InChI is InChI=1S/C21H12ClI2N3O3/c1-9-14(23)5-4-11-17(9)21(30)27(20(11)29)16-8-15(24)12(7-13(16)22)10-3-2-6-26-18(10)19(25)28/h2-8H,1H3,(H2,25,28). The number of carbonyl (C=O) groups is 3. The molecule has 1 aliphatic rings. The highest BCUT2D eigenvalue weighted by molar-refractivity contribution is 14.1. The van der Waals surface area contributed by atoms with Crippen molar-refractivity contribution in [3.05, 3.63) is 77.1 Å². The molecule has 2 N–H and O–H groups in total. The van der Waals surface area contributed by atoms with Crippen LogP contribution in [-0.2, 0) is 0 Å². The van der Waals surface area contributed by atoms with Crippen LogP contribution in [0.1, 0.15) is 36.8 Å². The van der Waals surface area contributed by atoms with Crippen molar-refractivity contribution < 1.29 is 14.4 Å². The van der Waals surface area contributed by atoms with Gasteiger partial charge in [-0.2, -0.15) is 0 Å². The second-order valence-corrected chi connectivity index (χ2v) is 9.32. The van der Waals surface area contributed by atoms with Gasteiger partial charge in [-0.05, 0) is 93.6 Å². The molecule has 3 amide bonds. The number of pyridine rings is 1. The molecule has 2 aromatic carbocycles. The molecule has 0 fully saturated rings. The number of nitrogens with two attached hydrogens (primary N) is 1. The van der Waals surface area contributed by atoms with Gasteiger partial charge in [-0.1, -0.05) is 17.7 Å². The van der Waals surface area contributed by atoms with Crippen molar-refractivity contribution in [2.75, 3.05) is 4.90 Å². The fraction of sp³-hybridized carbons (Fsp3) is 0.0476. The summed E-state index contributed by atoms with van der Waals surface area (Å²) in [7, 11) is 0. The number of hydrogen-bond acceptors (Lipinski definition) is 4. The second kappa shape index (κ2) is 7.89. The van der Waals surface area contributed by atoms with E-state index in [1.165, 1.54) is 6.20 Å². The molecule has 30 heavy (non-hydrogen) atoms. The summed E-state index contributed by atoms with van der Waals surface area (Å²) in [5, 5.41) is 0.201. The number of primary amides is 1. The average molecular weight is 644 g/mol. The van der Waals surface area contributed by atoms with Crippen molar-refractivity contribution in [3.8, 4) is 11.1 Å². The van der Waals surface area contributed by atoms with Crippen LogP contribution in [0.3, 0.4) is 0 Å². The van der Waals surface area contributed by atoms with Crippen molar-refractivity contribution in [2.45, 2.75) is 6.92 Å². The molecular formula is C21H12ClI2N3O3. The Morgan fingerprint density at radius 3 is 2.47 bits per heavy atom. The maximum atomic E-state index is 13.1. The van der Waals surface area contributed by atoms with E-state index in [1.54, 1.807) is 30.3 Å². The Balaban J connectivity index is 1.85. The number of nitrogens with zero attached hydrogens (tertiary/aromatic N) is 2. The highest BCUT2D eigenvalue weighted by Crippen LogP contribution is 2.40. The molecular weight excluding hydrogens is 632 g/mol. The third-order valence-corrected chi connectivity index (χ3v) is 7.22. The van der Waals surface area contributed by atoms with Gasteiger partial charge >= 0.3 is 0 Å². The number of rotatable bonds is 3. The van der Waals surface area contributed by atoms with Crippen LogP contribution in [-0.4, -0.2) is 22.7 Å². The molecule has 4 rings (SSSR count). The Labute approximate surface area is 204 Å². The first-order valence-corrected chi connectivity index (χ1v) is 11.2. The first-order valence-electron chi connectivity index (χ1n) is 8.64. The summed E-state index contributed by atoms with van der Waals surface area (Å²) in [4.78, 5) is 43.0. The van der Waals surface area contributed by atoms with Crippen LogP contribution in [0.4, 0.5) is 5.69 Å². The number of imide groups is 1. The van der Waals surface area contributed by atoms with Crippen LogP contribution < -0.4 is 10.6 Å². The molecule has 0 saturated carbocycles. The molecule has 9 heteroatoms. The molecule has 0 spiro atoms. The van der Waals surface area contributed by atoms with Crippen LogP contribution in [0.25, 0.3) is 11.1 Å². The van der Waals surface area contributed by atoms with Gasteiger partial charge in [0.1, 0.15) is 5.69 Å². The normalized spacial score (nSPS) is 13.0. The van der Waals surface area contributed by atoms with Gasteiger partial charge in [-0.15, -0.1) is 0 Å². The van der Waals surface area contributed by atoms with Gasteiger partial charge in [0.15, 0.2) is 0 Å². The van der Waals surface area contributed by atoms with E-state index in [4.69, 9.17) is 17.3 Å². The molecule has 0 aliphatic carbocycles. The topological polar surface area (TPSA) is 93.4 Å². The van der Waals surface area contributed by atoms with Gasteiger partial charge in [-0.25, -0.2) is 4.90 Å². The van der Waals surface area contributed by atoms with E-state index < -0.39 is 17.7 Å². The summed E-state index contributed by atoms with van der Waals surface area (Å²) in [5.41, 5.74) is 8.52. The lowest BCUT2D eigenvalue weighted by Gasteiger charge is -2.18. The number of amides is 3. The summed E-state index contributed by atoms with van der Waals surface area (Å²) in [5.74, 6) is -1.48. The van der Waals surface area contributed by atoms with Crippen LogP contribution in [0.2, 0.25) is 5.02 Å². The predicted octanol–water partition coefficient (Wildman–Crippen LogP) is 4.82. The molecule has 6 nitrogen and oxygen atoms in total. The lowest BCUT2D eigenvalue weighted by Crippen LogP contribution is -2.30. The van der Waals surface area contributed by atoms with E-state index in [1.807, 2.05) is 13.0 Å². The van der Waals surface area contributed by atoms with E-state index in [9.17, 15) is 14.4 Å². The number of fused-ring (bicyclic) bond motifs is 1. The van der Waals surface area contributed by atoms with Crippen LogP contribution >= 0.6 is 56.8 Å². The van der Waals surface area contributed by atoms with Crippen LogP contribution in [0.5, 0.6) is 0 Å². The maximum Gasteiger partial charge on any atom is 0.267 e. The molecule has 0 bridgehead atoms. The molecule has 2 heterocycles. The molecule has 3 aromatic rings. The Hall–Kier alpha value is -2.05. The highest BCUT2D eigenvalue weighted by Gasteiger charge is 2.39. The zero-order chi connectivity index (χ0) is 21.7. The number of aromatic nitrogens is 1. The van der Waals surface area contributed by atoms with Crippen molar-refractivity contribution in [1.82, 2.24) is 4.98 Å². The third-order valence-electron chi connectivity index (χ3n) is 4.86. The average Bonchev–Trinajstić information content (AvgIpc) is 2.96. The predicted molar refractivity (Wildman–Crippen MR) is 131 cm³/mol. The maximum absolute atomic E-state index is 13.1. The van der Waals surface area contributed by atoms with Crippen LogP contribution in [0.15, 0.2) is 42.6 Å². The number of anilines is 1. The van der Waals surface area contributed by atoms with Crippen molar-refractivity contribution in [2.24, 2.45) is 5.73 Å². The lowest BCUT2D eigenvalue weighted by atomic mass is 10.0. The fourth-order valence-electron chi connectivity index (χ4n) is 3.42. The van der Waals surface area contributed by atoms with Crippen molar-refractivity contribution in [1.29, 1.82) is 0 Å². The zero-order valence-corrected chi connectivity index (χ0v) is 20.4. The molecule has 0 saturated heterocycles. The minimum absolute atomic E-state index is 0.116. The van der Waals surface area contributed by atoms with Gasteiger partial charge in [0, 0.05) is 18.9 Å². The quantitative estimate of drug-likeness (QED) is 0.328.